The van der Waals surface area contributed by atoms with E-state index in [9.17, 15) is 5.26 Å². The average Bonchev–Trinajstić information content (AvgIpc) is 3.19. The van der Waals surface area contributed by atoms with Gasteiger partial charge < -0.3 is 10.3 Å². The summed E-state index contributed by atoms with van der Waals surface area (Å²) in [5, 5.41) is 14.1. The van der Waals surface area contributed by atoms with Crippen LogP contribution in [0.3, 0.4) is 0 Å². The van der Waals surface area contributed by atoms with E-state index in [0.717, 1.165) is 39.1 Å². The van der Waals surface area contributed by atoms with Crippen molar-refractivity contribution in [3.63, 3.8) is 0 Å². The Labute approximate surface area is 157 Å². The fourth-order valence-electron chi connectivity index (χ4n) is 3.03. The van der Waals surface area contributed by atoms with Crippen molar-refractivity contribution in [1.82, 2.24) is 15.0 Å². The molecule has 5 heteroatoms. The molecular formula is C22H17N5. The number of anilines is 2. The lowest BCUT2D eigenvalue weighted by Gasteiger charge is -2.14. The van der Waals surface area contributed by atoms with Gasteiger partial charge in [0.1, 0.15) is 6.07 Å². The second-order valence-corrected chi connectivity index (χ2v) is 6.15. The number of H-pyrrole nitrogens is 1. The molecular weight excluding hydrogens is 334 g/mol. The Morgan fingerprint density at radius 2 is 2.04 bits per heavy atom. The number of hydrogen-bond acceptors (Lipinski definition) is 4. The summed E-state index contributed by atoms with van der Waals surface area (Å²) in [7, 11) is 0. The van der Waals surface area contributed by atoms with Gasteiger partial charge in [0.2, 0.25) is 0 Å². The minimum absolute atomic E-state index is 0.492. The number of hydrogen-bond donors (Lipinski definition) is 2. The van der Waals surface area contributed by atoms with Crippen LogP contribution in [-0.2, 0) is 0 Å². The van der Waals surface area contributed by atoms with Gasteiger partial charge in [-0.15, -0.1) is 0 Å². The van der Waals surface area contributed by atoms with E-state index in [4.69, 9.17) is 0 Å². The molecule has 4 aromatic rings. The third-order valence-corrected chi connectivity index (χ3v) is 4.48. The Morgan fingerprint density at radius 3 is 2.85 bits per heavy atom. The number of aromatic nitrogens is 3. The van der Waals surface area contributed by atoms with Gasteiger partial charge in [0.25, 0.3) is 0 Å². The predicted molar refractivity (Wildman–Crippen MR) is 108 cm³/mol. The van der Waals surface area contributed by atoms with Gasteiger partial charge in [0, 0.05) is 46.9 Å². The highest BCUT2D eigenvalue weighted by molar-refractivity contribution is 5.90. The van der Waals surface area contributed by atoms with Crippen molar-refractivity contribution in [1.29, 1.82) is 5.26 Å². The SMILES string of the molecule is Cc1c(Nc2c(C#N)cncc2C=Cc2ccccn2)ccc2[nH]ccc12. The summed E-state index contributed by atoms with van der Waals surface area (Å²) >= 11 is 0. The van der Waals surface area contributed by atoms with Crippen LogP contribution in [-0.4, -0.2) is 15.0 Å². The maximum atomic E-state index is 9.54. The van der Waals surface area contributed by atoms with Gasteiger partial charge in [-0.05, 0) is 55.0 Å². The van der Waals surface area contributed by atoms with Gasteiger partial charge in [0.05, 0.1) is 16.9 Å². The number of nitrogens with zero attached hydrogens (tertiary/aromatic N) is 3. The van der Waals surface area contributed by atoms with E-state index in [2.05, 4.69) is 39.3 Å². The van der Waals surface area contributed by atoms with E-state index in [1.165, 1.54) is 0 Å². The van der Waals surface area contributed by atoms with Crippen LogP contribution in [0.15, 0.2) is 61.2 Å². The lowest BCUT2D eigenvalue weighted by Crippen LogP contribution is -1.99. The molecule has 0 amide bonds. The van der Waals surface area contributed by atoms with E-state index in [-0.39, 0.29) is 0 Å². The number of aromatic amines is 1. The molecule has 0 aliphatic heterocycles. The molecule has 3 aromatic heterocycles. The van der Waals surface area contributed by atoms with Gasteiger partial charge in [-0.2, -0.15) is 5.26 Å². The fourth-order valence-corrected chi connectivity index (χ4v) is 3.03. The second-order valence-electron chi connectivity index (χ2n) is 6.15. The Morgan fingerprint density at radius 1 is 1.11 bits per heavy atom. The Kier molecular flexibility index (Phi) is 4.38. The first-order chi connectivity index (χ1) is 13.3. The van der Waals surface area contributed by atoms with Gasteiger partial charge in [0.15, 0.2) is 0 Å². The molecule has 0 atom stereocenters. The number of nitriles is 1. The second kappa shape index (κ2) is 7.14. The minimum Gasteiger partial charge on any atom is -0.361 e. The van der Waals surface area contributed by atoms with Crippen molar-refractivity contribution in [2.24, 2.45) is 0 Å². The molecule has 0 aliphatic carbocycles. The number of fused-ring (bicyclic) bond motifs is 1. The Balaban J connectivity index is 1.76. The molecule has 130 valence electrons. The predicted octanol–water partition coefficient (Wildman–Crippen LogP) is 5.05. The number of pyridine rings is 2. The van der Waals surface area contributed by atoms with Gasteiger partial charge in [-0.3, -0.25) is 9.97 Å². The molecule has 0 aliphatic rings. The summed E-state index contributed by atoms with van der Waals surface area (Å²) in [6, 6.07) is 14.1. The van der Waals surface area contributed by atoms with Crippen molar-refractivity contribution < 1.29 is 0 Å². The number of aryl methyl sites for hydroxylation is 1. The lowest BCUT2D eigenvalue weighted by molar-refractivity contribution is 1.28. The van der Waals surface area contributed by atoms with Crippen LogP contribution >= 0.6 is 0 Å². The molecule has 3 heterocycles. The third-order valence-electron chi connectivity index (χ3n) is 4.48. The van der Waals surface area contributed by atoms with Crippen LogP contribution in [0.4, 0.5) is 11.4 Å². The molecule has 0 unspecified atom stereocenters. The Bertz CT molecular complexity index is 1170. The summed E-state index contributed by atoms with van der Waals surface area (Å²) in [4.78, 5) is 11.7. The van der Waals surface area contributed by atoms with Crippen LogP contribution in [0.1, 0.15) is 22.4 Å². The zero-order valence-corrected chi connectivity index (χ0v) is 14.8. The van der Waals surface area contributed by atoms with Crippen LogP contribution in [0.25, 0.3) is 23.1 Å². The maximum Gasteiger partial charge on any atom is 0.103 e. The molecule has 27 heavy (non-hydrogen) atoms. The largest absolute Gasteiger partial charge is 0.361 e. The fraction of sp³-hybridized carbons (Fsp3) is 0.0455. The molecule has 0 fully saturated rings. The van der Waals surface area contributed by atoms with Crippen LogP contribution in [0.5, 0.6) is 0 Å². The van der Waals surface area contributed by atoms with E-state index < -0.39 is 0 Å². The van der Waals surface area contributed by atoms with Crippen molar-refractivity contribution in [2.75, 3.05) is 5.32 Å². The summed E-state index contributed by atoms with van der Waals surface area (Å²) < 4.78 is 0. The summed E-state index contributed by atoms with van der Waals surface area (Å²) in [5.41, 5.74) is 6.06. The number of nitrogens with one attached hydrogen (secondary N) is 2. The molecule has 1 aromatic carbocycles. The minimum atomic E-state index is 0.492. The van der Waals surface area contributed by atoms with Gasteiger partial charge in [-0.1, -0.05) is 6.07 Å². The molecule has 2 N–H and O–H groups in total. The summed E-state index contributed by atoms with van der Waals surface area (Å²) in [6.07, 6.45) is 10.8. The van der Waals surface area contributed by atoms with E-state index in [0.29, 0.717) is 5.56 Å². The molecule has 0 saturated heterocycles. The molecule has 0 saturated carbocycles. The Hall–Kier alpha value is -3.91. The standard InChI is InChI=1S/C22H17N5/c1-15-19-9-11-26-21(19)8-7-20(15)27-22-16(13-24-14-17(22)12-23)5-6-18-4-2-3-10-25-18/h2-11,13-14,26H,1H3,(H,24,27). The van der Waals surface area contributed by atoms with Crippen molar-refractivity contribution in [3.05, 3.63) is 83.6 Å². The van der Waals surface area contributed by atoms with Gasteiger partial charge >= 0.3 is 0 Å². The van der Waals surface area contributed by atoms with E-state index in [1.54, 1.807) is 18.6 Å². The van der Waals surface area contributed by atoms with Crippen LogP contribution in [0, 0.1) is 18.3 Å². The quantitative estimate of drug-likeness (QED) is 0.539. The highest BCUT2D eigenvalue weighted by atomic mass is 14.9. The normalized spacial score (nSPS) is 11.0. The van der Waals surface area contributed by atoms with E-state index >= 15 is 0 Å². The highest BCUT2D eigenvalue weighted by Gasteiger charge is 2.11. The monoisotopic (exact) mass is 351 g/mol. The maximum absolute atomic E-state index is 9.54. The number of rotatable bonds is 4. The van der Waals surface area contributed by atoms with Crippen molar-refractivity contribution in [2.45, 2.75) is 6.92 Å². The smallest absolute Gasteiger partial charge is 0.103 e. The first-order valence-electron chi connectivity index (χ1n) is 8.57. The summed E-state index contributed by atoms with van der Waals surface area (Å²) in [5.74, 6) is 0. The number of benzene rings is 1. The summed E-state index contributed by atoms with van der Waals surface area (Å²) in [6.45, 7) is 2.06. The first kappa shape index (κ1) is 16.6. The van der Waals surface area contributed by atoms with Gasteiger partial charge in [-0.25, -0.2) is 0 Å². The topological polar surface area (TPSA) is 77.4 Å². The van der Waals surface area contributed by atoms with Crippen molar-refractivity contribution in [3.8, 4) is 6.07 Å². The molecule has 0 spiro atoms. The molecule has 0 radical (unpaired) electrons. The average molecular weight is 351 g/mol. The van der Waals surface area contributed by atoms with Crippen LogP contribution < -0.4 is 5.32 Å². The zero-order valence-electron chi connectivity index (χ0n) is 14.8. The molecule has 5 nitrogen and oxygen atoms in total. The third kappa shape index (κ3) is 3.29. The first-order valence-corrected chi connectivity index (χ1v) is 8.57. The molecule has 4 rings (SSSR count). The van der Waals surface area contributed by atoms with Crippen molar-refractivity contribution >= 4 is 34.4 Å². The van der Waals surface area contributed by atoms with E-state index in [1.807, 2.05) is 48.7 Å². The zero-order chi connectivity index (χ0) is 18.6. The van der Waals surface area contributed by atoms with Crippen LogP contribution in [0.2, 0.25) is 0 Å². The molecule has 0 bridgehead atoms. The highest BCUT2D eigenvalue weighted by Crippen LogP contribution is 2.30. The lowest BCUT2D eigenvalue weighted by atomic mass is 10.1.